The number of carbonyl (C=O) groups excluding carboxylic acids is 2. The minimum Gasteiger partial charge on any atom is -0.493 e. The fourth-order valence-corrected chi connectivity index (χ4v) is 3.65. The number of nitrogens with zero attached hydrogens (tertiary/aromatic N) is 1. The van der Waals surface area contributed by atoms with E-state index in [0.29, 0.717) is 49.2 Å². The van der Waals surface area contributed by atoms with Crippen molar-refractivity contribution in [2.75, 3.05) is 57.3 Å². The number of carbonyl (C=O) groups is 2. The summed E-state index contributed by atoms with van der Waals surface area (Å²) < 4.78 is 21.1. The molecule has 10 heteroatoms. The Morgan fingerprint density at radius 2 is 1.94 bits per heavy atom. The summed E-state index contributed by atoms with van der Waals surface area (Å²) in [5.41, 5.74) is 7.97. The van der Waals surface area contributed by atoms with Crippen LogP contribution in [0.4, 0.5) is 11.4 Å². The topological polar surface area (TPSA) is 112 Å². The van der Waals surface area contributed by atoms with Gasteiger partial charge in [0.05, 0.1) is 43.7 Å². The Kier molecular flexibility index (Phi) is 8.02. The molecule has 2 aromatic rings. The number of hydrogen-bond acceptors (Lipinski definition) is 8. The molecule has 0 spiro atoms. The van der Waals surface area contributed by atoms with E-state index >= 15 is 0 Å². The number of halogens is 1. The van der Waals surface area contributed by atoms with Crippen LogP contribution in [-0.2, 0) is 20.8 Å². The molecule has 3 rings (SSSR count). The van der Waals surface area contributed by atoms with Crippen LogP contribution in [0.25, 0.3) is 0 Å². The highest BCUT2D eigenvalue weighted by Gasteiger charge is 2.20. The normalized spacial score (nSPS) is 13.4. The smallest absolute Gasteiger partial charge is 0.340 e. The van der Waals surface area contributed by atoms with Crippen LogP contribution in [0.2, 0.25) is 5.02 Å². The minimum atomic E-state index is -0.615. The second kappa shape index (κ2) is 10.9. The van der Waals surface area contributed by atoms with E-state index in [0.717, 1.165) is 16.9 Å². The molecular weight excluding hydrogens is 438 g/mol. The highest BCUT2D eigenvalue weighted by atomic mass is 35.5. The maximum atomic E-state index is 12.4. The number of amides is 1. The van der Waals surface area contributed by atoms with E-state index in [1.165, 1.54) is 14.2 Å². The van der Waals surface area contributed by atoms with E-state index in [2.05, 4.69) is 10.2 Å². The summed E-state index contributed by atoms with van der Waals surface area (Å²) in [5, 5.41) is 3.57. The first-order valence-corrected chi connectivity index (χ1v) is 10.4. The number of ether oxygens (including phenoxy) is 4. The summed E-state index contributed by atoms with van der Waals surface area (Å²) in [6, 6.07) is 9.02. The van der Waals surface area contributed by atoms with Crippen molar-refractivity contribution in [3.63, 3.8) is 0 Å². The van der Waals surface area contributed by atoms with Crippen LogP contribution in [0.1, 0.15) is 15.9 Å². The molecule has 9 nitrogen and oxygen atoms in total. The number of rotatable bonds is 9. The van der Waals surface area contributed by atoms with E-state index < -0.39 is 11.9 Å². The molecule has 1 amide bonds. The number of esters is 1. The van der Waals surface area contributed by atoms with Crippen LogP contribution in [0, 0.1) is 0 Å². The van der Waals surface area contributed by atoms with Gasteiger partial charge in [-0.2, -0.15) is 0 Å². The van der Waals surface area contributed by atoms with Crippen molar-refractivity contribution in [3.8, 4) is 11.5 Å². The van der Waals surface area contributed by atoms with E-state index in [9.17, 15) is 9.59 Å². The molecule has 1 heterocycles. The minimum absolute atomic E-state index is 0.250. The van der Waals surface area contributed by atoms with Gasteiger partial charge in [-0.1, -0.05) is 11.6 Å². The highest BCUT2D eigenvalue weighted by Crippen LogP contribution is 2.36. The van der Waals surface area contributed by atoms with Crippen molar-refractivity contribution < 1.29 is 28.5 Å². The van der Waals surface area contributed by atoms with Crippen molar-refractivity contribution in [2.24, 2.45) is 5.73 Å². The van der Waals surface area contributed by atoms with Gasteiger partial charge in [-0.3, -0.25) is 4.79 Å². The fourth-order valence-electron chi connectivity index (χ4n) is 3.36. The van der Waals surface area contributed by atoms with Crippen molar-refractivity contribution in [3.05, 3.63) is 46.5 Å². The zero-order chi connectivity index (χ0) is 23.1. The summed E-state index contributed by atoms with van der Waals surface area (Å²) >= 11 is 6.31. The number of morpholine rings is 1. The Morgan fingerprint density at radius 1 is 1.19 bits per heavy atom. The highest BCUT2D eigenvalue weighted by molar-refractivity contribution is 6.32. The maximum absolute atomic E-state index is 12.4. The van der Waals surface area contributed by atoms with Gasteiger partial charge in [-0.05, 0) is 35.9 Å². The number of nitrogens with two attached hydrogens (primary N) is 1. The molecule has 1 saturated heterocycles. The van der Waals surface area contributed by atoms with Crippen molar-refractivity contribution in [1.82, 2.24) is 0 Å². The zero-order valence-electron chi connectivity index (χ0n) is 18.0. The van der Waals surface area contributed by atoms with Gasteiger partial charge < -0.3 is 34.9 Å². The van der Waals surface area contributed by atoms with Gasteiger partial charge in [0.25, 0.3) is 5.91 Å². The number of nitrogens with one attached hydrogen (secondary N) is 1. The Bertz CT molecular complexity index is 978. The lowest BCUT2D eigenvalue weighted by molar-refractivity contribution is -0.119. The molecule has 2 aromatic carbocycles. The van der Waals surface area contributed by atoms with Gasteiger partial charge >= 0.3 is 5.97 Å². The molecule has 172 valence electrons. The molecule has 32 heavy (non-hydrogen) atoms. The lowest BCUT2D eigenvalue weighted by Crippen LogP contribution is -2.37. The van der Waals surface area contributed by atoms with Crippen molar-refractivity contribution in [2.45, 2.75) is 6.54 Å². The van der Waals surface area contributed by atoms with Crippen LogP contribution in [0.3, 0.4) is 0 Å². The first kappa shape index (κ1) is 23.5. The van der Waals surface area contributed by atoms with Crippen LogP contribution in [0.15, 0.2) is 30.3 Å². The first-order valence-electron chi connectivity index (χ1n) is 9.99. The third kappa shape index (κ3) is 5.74. The molecule has 0 aliphatic carbocycles. The predicted molar refractivity (Wildman–Crippen MR) is 121 cm³/mol. The SMILES string of the molecule is COC(=O)c1cc(NCc2cc(Cl)c(OCC(N)=O)c(OC)c2)ccc1N1CCOCC1. The standard InChI is InChI=1S/C22H26ClN3O6/c1-29-19-10-14(9-17(23)21(19)32-13-20(24)27)12-25-15-3-4-18(16(11-15)22(28)30-2)26-5-7-31-8-6-26/h3-4,9-11,25H,5-8,12-13H2,1-2H3,(H2,24,27). The van der Waals surface area contributed by atoms with Crippen LogP contribution >= 0.6 is 11.6 Å². The number of anilines is 2. The maximum Gasteiger partial charge on any atom is 0.340 e. The molecule has 0 aromatic heterocycles. The molecule has 0 bridgehead atoms. The Hall–Kier alpha value is -3.17. The average molecular weight is 464 g/mol. The Balaban J connectivity index is 1.78. The molecule has 1 aliphatic heterocycles. The summed E-state index contributed by atoms with van der Waals surface area (Å²) in [6.07, 6.45) is 0. The third-order valence-corrected chi connectivity index (χ3v) is 5.18. The molecule has 1 aliphatic rings. The van der Waals surface area contributed by atoms with E-state index in [1.807, 2.05) is 12.1 Å². The largest absolute Gasteiger partial charge is 0.493 e. The fraction of sp³-hybridized carbons (Fsp3) is 0.364. The van der Waals surface area contributed by atoms with E-state index in [1.54, 1.807) is 18.2 Å². The van der Waals surface area contributed by atoms with Crippen molar-refractivity contribution in [1.29, 1.82) is 0 Å². The third-order valence-electron chi connectivity index (χ3n) is 4.90. The van der Waals surface area contributed by atoms with Gasteiger partial charge in [0, 0.05) is 25.3 Å². The van der Waals surface area contributed by atoms with Gasteiger partial charge in [0.2, 0.25) is 0 Å². The second-order valence-corrected chi connectivity index (χ2v) is 7.45. The van der Waals surface area contributed by atoms with Crippen LogP contribution in [0.5, 0.6) is 11.5 Å². The summed E-state index contributed by atoms with van der Waals surface area (Å²) in [4.78, 5) is 25.5. The van der Waals surface area contributed by atoms with Crippen LogP contribution in [-0.4, -0.2) is 59.0 Å². The molecule has 0 unspecified atom stereocenters. The van der Waals surface area contributed by atoms with Crippen molar-refractivity contribution >= 4 is 34.9 Å². The summed E-state index contributed by atoms with van der Waals surface area (Å²) in [6.45, 7) is 2.74. The van der Waals surface area contributed by atoms with Gasteiger partial charge in [0.15, 0.2) is 18.1 Å². The van der Waals surface area contributed by atoms with E-state index in [4.69, 9.17) is 36.3 Å². The van der Waals surface area contributed by atoms with Gasteiger partial charge in [-0.25, -0.2) is 4.79 Å². The van der Waals surface area contributed by atoms with Crippen LogP contribution < -0.4 is 25.4 Å². The number of primary amides is 1. The molecular formula is C22H26ClN3O6. The molecule has 0 saturated carbocycles. The van der Waals surface area contributed by atoms with Gasteiger partial charge in [0.1, 0.15) is 0 Å². The molecule has 0 radical (unpaired) electrons. The summed E-state index contributed by atoms with van der Waals surface area (Å²) in [5.74, 6) is -0.389. The lowest BCUT2D eigenvalue weighted by atomic mass is 10.1. The molecule has 3 N–H and O–H groups in total. The number of benzene rings is 2. The Labute approximate surface area is 191 Å². The lowest BCUT2D eigenvalue weighted by Gasteiger charge is -2.30. The zero-order valence-corrected chi connectivity index (χ0v) is 18.7. The quantitative estimate of drug-likeness (QED) is 0.545. The van der Waals surface area contributed by atoms with Gasteiger partial charge in [-0.15, -0.1) is 0 Å². The average Bonchev–Trinajstić information content (AvgIpc) is 2.81. The predicted octanol–water partition coefficient (Wildman–Crippen LogP) is 2.45. The first-order chi connectivity index (χ1) is 15.4. The van der Waals surface area contributed by atoms with E-state index in [-0.39, 0.29) is 12.4 Å². The second-order valence-electron chi connectivity index (χ2n) is 7.04. The molecule has 0 atom stereocenters. The monoisotopic (exact) mass is 463 g/mol. The molecule has 1 fully saturated rings. The number of methoxy groups -OCH3 is 2. The summed E-state index contributed by atoms with van der Waals surface area (Å²) in [7, 11) is 2.84. The Morgan fingerprint density at radius 3 is 2.59 bits per heavy atom. The number of hydrogen-bond donors (Lipinski definition) is 2.